The molecule has 7 heteroatoms. The van der Waals surface area contributed by atoms with E-state index in [1.165, 1.54) is 0 Å². The Balaban J connectivity index is 2.31. The van der Waals surface area contributed by atoms with Gasteiger partial charge in [-0.1, -0.05) is 28.1 Å². The van der Waals surface area contributed by atoms with Crippen molar-refractivity contribution in [3.05, 3.63) is 34.3 Å². The molecule has 2 rings (SSSR count). The molecule has 0 aromatic heterocycles. The molecule has 20 heavy (non-hydrogen) atoms. The van der Waals surface area contributed by atoms with Gasteiger partial charge in [-0.25, -0.2) is 0 Å². The molecule has 0 spiro atoms. The van der Waals surface area contributed by atoms with Crippen molar-refractivity contribution in [2.45, 2.75) is 31.2 Å². The number of halogens is 4. The van der Waals surface area contributed by atoms with Gasteiger partial charge in [0.05, 0.1) is 12.1 Å². The summed E-state index contributed by atoms with van der Waals surface area (Å²) in [6.45, 7) is 2.11. The van der Waals surface area contributed by atoms with E-state index in [0.29, 0.717) is 5.56 Å². The molecule has 0 unspecified atom stereocenters. The second-order valence-electron chi connectivity index (χ2n) is 5.12. The summed E-state index contributed by atoms with van der Waals surface area (Å²) in [7, 11) is 0. The van der Waals surface area contributed by atoms with Crippen molar-refractivity contribution in [3.8, 4) is 0 Å². The Hall–Kier alpha value is -1.08. The van der Waals surface area contributed by atoms with Crippen molar-refractivity contribution in [1.82, 2.24) is 5.32 Å². The van der Waals surface area contributed by atoms with Gasteiger partial charge < -0.3 is 10.1 Å². The average molecular weight is 352 g/mol. The van der Waals surface area contributed by atoms with Gasteiger partial charge in [0.15, 0.2) is 0 Å². The Labute approximate surface area is 122 Å². The predicted molar refractivity (Wildman–Crippen MR) is 70.0 cm³/mol. The van der Waals surface area contributed by atoms with Gasteiger partial charge in [0.2, 0.25) is 5.60 Å². The van der Waals surface area contributed by atoms with Crippen LogP contribution >= 0.6 is 15.9 Å². The van der Waals surface area contributed by atoms with Crippen LogP contribution in [0.5, 0.6) is 0 Å². The van der Waals surface area contributed by atoms with Crippen LogP contribution in [-0.4, -0.2) is 24.3 Å². The number of carbonyl (C=O) groups is 1. The zero-order valence-electron chi connectivity index (χ0n) is 10.8. The molecule has 1 amide bonds. The Morgan fingerprint density at radius 3 is 2.50 bits per heavy atom. The third-order valence-corrected chi connectivity index (χ3v) is 3.97. The number of benzene rings is 1. The molecule has 1 fully saturated rings. The van der Waals surface area contributed by atoms with Gasteiger partial charge in [-0.05, 0) is 31.5 Å². The fraction of sp³-hybridized carbons (Fsp3) is 0.462. The van der Waals surface area contributed by atoms with E-state index in [9.17, 15) is 18.0 Å². The molecule has 1 aromatic rings. The summed E-state index contributed by atoms with van der Waals surface area (Å²) in [6.07, 6.45) is -4.75. The van der Waals surface area contributed by atoms with Crippen LogP contribution in [0.15, 0.2) is 28.7 Å². The normalized spacial score (nSPS) is 31.0. The monoisotopic (exact) mass is 351 g/mol. The standard InChI is InChI=1S/C13H13BrF3NO2/c1-11(8-4-3-5-9(14)6-8)7-20-12(2,10(19)18-11)13(15,16)17/h3-6H,7H2,1-2H3,(H,18,19)/t11-,12+/m1/s1. The number of carbonyl (C=O) groups excluding carboxylic acids is 1. The van der Waals surface area contributed by atoms with E-state index < -0.39 is 23.2 Å². The lowest BCUT2D eigenvalue weighted by Gasteiger charge is -2.43. The van der Waals surface area contributed by atoms with Crippen molar-refractivity contribution < 1.29 is 22.7 Å². The number of ether oxygens (including phenoxy) is 1. The third kappa shape index (κ3) is 2.44. The molecule has 0 aliphatic carbocycles. The van der Waals surface area contributed by atoms with Crippen LogP contribution in [0.2, 0.25) is 0 Å². The molecule has 1 aliphatic heterocycles. The zero-order valence-corrected chi connectivity index (χ0v) is 12.4. The van der Waals surface area contributed by atoms with Crippen LogP contribution in [-0.2, 0) is 15.1 Å². The van der Waals surface area contributed by atoms with Crippen LogP contribution in [0.3, 0.4) is 0 Å². The van der Waals surface area contributed by atoms with Crippen molar-refractivity contribution in [1.29, 1.82) is 0 Å². The van der Waals surface area contributed by atoms with Crippen LogP contribution < -0.4 is 5.32 Å². The highest BCUT2D eigenvalue weighted by atomic mass is 79.9. The van der Waals surface area contributed by atoms with E-state index in [4.69, 9.17) is 4.74 Å². The first kappa shape index (κ1) is 15.3. The van der Waals surface area contributed by atoms with E-state index in [0.717, 1.165) is 11.4 Å². The summed E-state index contributed by atoms with van der Waals surface area (Å²) in [5.41, 5.74) is -3.13. The summed E-state index contributed by atoms with van der Waals surface area (Å²) in [5.74, 6) is -1.18. The molecule has 0 radical (unpaired) electrons. The molecule has 1 aromatic carbocycles. The van der Waals surface area contributed by atoms with Crippen LogP contribution in [0.25, 0.3) is 0 Å². The molecule has 1 saturated heterocycles. The number of hydrogen-bond donors (Lipinski definition) is 1. The second kappa shape index (κ2) is 4.73. The van der Waals surface area contributed by atoms with E-state index in [1.54, 1.807) is 31.2 Å². The van der Waals surface area contributed by atoms with Gasteiger partial charge in [0.1, 0.15) is 0 Å². The first-order chi connectivity index (χ1) is 9.08. The molecule has 3 nitrogen and oxygen atoms in total. The summed E-state index contributed by atoms with van der Waals surface area (Å²) in [6, 6.07) is 7.00. The lowest BCUT2D eigenvalue weighted by molar-refractivity contribution is -0.274. The maximum atomic E-state index is 12.9. The Morgan fingerprint density at radius 2 is 2.00 bits per heavy atom. The third-order valence-electron chi connectivity index (χ3n) is 3.47. The van der Waals surface area contributed by atoms with Crippen molar-refractivity contribution in [3.63, 3.8) is 0 Å². The number of alkyl halides is 3. The number of morpholine rings is 1. The zero-order chi connectivity index (χ0) is 15.2. The molecule has 0 bridgehead atoms. The average Bonchev–Trinajstić information content (AvgIpc) is 2.33. The summed E-state index contributed by atoms with van der Waals surface area (Å²) >= 11 is 3.29. The molecule has 1 heterocycles. The minimum absolute atomic E-state index is 0.259. The van der Waals surface area contributed by atoms with E-state index >= 15 is 0 Å². The maximum absolute atomic E-state index is 12.9. The quantitative estimate of drug-likeness (QED) is 0.844. The molecule has 1 aliphatic rings. The predicted octanol–water partition coefficient (Wildman–Crippen LogP) is 3.13. The summed E-state index contributed by atoms with van der Waals surface area (Å²) in [5, 5.41) is 2.43. The molecule has 110 valence electrons. The van der Waals surface area contributed by atoms with Crippen molar-refractivity contribution in [2.75, 3.05) is 6.61 Å². The Bertz CT molecular complexity index is 549. The van der Waals surface area contributed by atoms with Crippen molar-refractivity contribution >= 4 is 21.8 Å². The van der Waals surface area contributed by atoms with Gasteiger partial charge in [0.25, 0.3) is 5.91 Å². The molecular formula is C13H13BrF3NO2. The van der Waals surface area contributed by atoms with Crippen LogP contribution in [0.1, 0.15) is 19.4 Å². The maximum Gasteiger partial charge on any atom is 0.426 e. The van der Waals surface area contributed by atoms with E-state index in [1.807, 2.05) is 0 Å². The molecule has 1 N–H and O–H groups in total. The van der Waals surface area contributed by atoms with Gasteiger partial charge in [-0.3, -0.25) is 4.79 Å². The first-order valence-corrected chi connectivity index (χ1v) is 6.67. The van der Waals surface area contributed by atoms with Crippen LogP contribution in [0.4, 0.5) is 13.2 Å². The lowest BCUT2D eigenvalue weighted by atomic mass is 9.88. The number of rotatable bonds is 1. The molecule has 0 saturated carbocycles. The highest BCUT2D eigenvalue weighted by molar-refractivity contribution is 9.10. The second-order valence-corrected chi connectivity index (χ2v) is 6.03. The number of nitrogens with one attached hydrogen (secondary N) is 1. The largest absolute Gasteiger partial charge is 0.426 e. The lowest BCUT2D eigenvalue weighted by Crippen LogP contribution is -2.67. The number of hydrogen-bond acceptors (Lipinski definition) is 2. The fourth-order valence-electron chi connectivity index (χ4n) is 1.96. The Morgan fingerprint density at radius 1 is 1.35 bits per heavy atom. The SMILES string of the molecule is C[C@]1(c2cccc(Br)c2)CO[C@](C)(C(F)(F)F)C(=O)N1. The minimum atomic E-state index is -4.75. The van der Waals surface area contributed by atoms with Gasteiger partial charge >= 0.3 is 6.18 Å². The molecule has 2 atom stereocenters. The van der Waals surface area contributed by atoms with Gasteiger partial charge in [-0.2, -0.15) is 13.2 Å². The Kier molecular flexibility index (Phi) is 3.62. The topological polar surface area (TPSA) is 38.3 Å². The smallest absolute Gasteiger partial charge is 0.354 e. The van der Waals surface area contributed by atoms with Gasteiger partial charge in [0, 0.05) is 4.47 Å². The number of amides is 1. The van der Waals surface area contributed by atoms with E-state index in [-0.39, 0.29) is 6.61 Å². The van der Waals surface area contributed by atoms with Crippen molar-refractivity contribution in [2.24, 2.45) is 0 Å². The highest BCUT2D eigenvalue weighted by Gasteiger charge is 2.62. The summed E-state index contributed by atoms with van der Waals surface area (Å²) < 4.78 is 44.4. The van der Waals surface area contributed by atoms with E-state index in [2.05, 4.69) is 21.2 Å². The molecular weight excluding hydrogens is 339 g/mol. The highest BCUT2D eigenvalue weighted by Crippen LogP contribution is 2.39. The van der Waals surface area contributed by atoms with Crippen LogP contribution in [0, 0.1) is 0 Å². The fourth-order valence-corrected chi connectivity index (χ4v) is 2.36. The first-order valence-electron chi connectivity index (χ1n) is 5.88. The minimum Gasteiger partial charge on any atom is -0.354 e. The van der Waals surface area contributed by atoms with Gasteiger partial charge in [-0.15, -0.1) is 0 Å². The summed E-state index contributed by atoms with van der Waals surface area (Å²) in [4.78, 5) is 11.9.